The largest absolute Gasteiger partial charge is 0.378 e. The van der Waals surface area contributed by atoms with Gasteiger partial charge in [-0.15, -0.1) is 0 Å². The smallest absolute Gasteiger partial charge is 0.0665 e. The summed E-state index contributed by atoms with van der Waals surface area (Å²) in [4.78, 5) is 0. The lowest BCUT2D eigenvalue weighted by molar-refractivity contribution is -0.0224. The van der Waals surface area contributed by atoms with Crippen LogP contribution in [0.3, 0.4) is 0 Å². The maximum absolute atomic E-state index is 6.07. The third-order valence-electron chi connectivity index (χ3n) is 4.19. The second-order valence-corrected chi connectivity index (χ2v) is 5.34. The second-order valence-electron chi connectivity index (χ2n) is 5.34. The topological polar surface area (TPSA) is 9.23 Å². The summed E-state index contributed by atoms with van der Waals surface area (Å²) in [5, 5.41) is 0. The van der Waals surface area contributed by atoms with Crippen molar-refractivity contribution in [2.24, 2.45) is 11.8 Å². The van der Waals surface area contributed by atoms with E-state index in [1.54, 1.807) is 0 Å². The van der Waals surface area contributed by atoms with Crippen molar-refractivity contribution >= 4 is 0 Å². The Morgan fingerprint density at radius 3 is 2.56 bits per heavy atom. The molecule has 2 aliphatic carbocycles. The van der Waals surface area contributed by atoms with Gasteiger partial charge in [-0.3, -0.25) is 0 Å². The highest BCUT2D eigenvalue weighted by Gasteiger charge is 2.30. The molecule has 1 nitrogen and oxygen atoms in total. The molecule has 1 heteroatoms. The van der Waals surface area contributed by atoms with Crippen molar-refractivity contribution in [1.29, 1.82) is 0 Å². The third-order valence-corrected chi connectivity index (χ3v) is 4.19. The zero-order valence-electron chi connectivity index (χ0n) is 10.7. The normalized spacial score (nSPS) is 29.2. The molecule has 0 aliphatic heterocycles. The number of hydrogen-bond donors (Lipinski definition) is 0. The van der Waals surface area contributed by atoms with Gasteiger partial charge in [0.05, 0.1) is 6.10 Å². The molecule has 0 heterocycles. The zero-order valence-corrected chi connectivity index (χ0v) is 10.7. The van der Waals surface area contributed by atoms with Crippen molar-refractivity contribution in [3.8, 4) is 0 Å². The molecule has 0 amide bonds. The quantitative estimate of drug-likeness (QED) is 0.643. The molecular weight excluding hydrogens is 196 g/mol. The first-order valence-electron chi connectivity index (χ1n) is 7.20. The predicted octanol–water partition coefficient (Wildman–Crippen LogP) is 4.33. The van der Waals surface area contributed by atoms with Gasteiger partial charge in [-0.25, -0.2) is 0 Å². The van der Waals surface area contributed by atoms with E-state index in [0.29, 0.717) is 12.0 Å². The Bertz CT molecular complexity index is 215. The average molecular weight is 222 g/mol. The molecule has 0 spiro atoms. The molecular formula is C15H26O. The van der Waals surface area contributed by atoms with E-state index in [-0.39, 0.29) is 0 Å². The van der Waals surface area contributed by atoms with Crippen molar-refractivity contribution < 1.29 is 4.74 Å². The van der Waals surface area contributed by atoms with Gasteiger partial charge in [0.15, 0.2) is 0 Å². The molecule has 1 fully saturated rings. The summed E-state index contributed by atoms with van der Waals surface area (Å²) in [7, 11) is 0. The van der Waals surface area contributed by atoms with Crippen LogP contribution in [0.1, 0.15) is 58.3 Å². The molecule has 0 N–H and O–H groups in total. The maximum Gasteiger partial charge on any atom is 0.0665 e. The van der Waals surface area contributed by atoms with Crippen molar-refractivity contribution in [3.63, 3.8) is 0 Å². The van der Waals surface area contributed by atoms with Gasteiger partial charge in [0.1, 0.15) is 0 Å². The van der Waals surface area contributed by atoms with E-state index >= 15 is 0 Å². The van der Waals surface area contributed by atoms with Crippen LogP contribution >= 0.6 is 0 Å². The Kier molecular flexibility index (Phi) is 4.90. The molecule has 0 aromatic heterocycles. The third kappa shape index (κ3) is 3.10. The van der Waals surface area contributed by atoms with E-state index in [0.717, 1.165) is 12.5 Å². The molecule has 1 saturated carbocycles. The molecule has 0 saturated heterocycles. The van der Waals surface area contributed by atoms with E-state index in [2.05, 4.69) is 19.1 Å². The molecule has 2 atom stereocenters. The zero-order chi connectivity index (χ0) is 11.2. The van der Waals surface area contributed by atoms with Crippen LogP contribution in [0.4, 0.5) is 0 Å². The molecule has 0 radical (unpaired) electrons. The van der Waals surface area contributed by atoms with Crippen LogP contribution in [0, 0.1) is 11.8 Å². The lowest BCUT2D eigenvalue weighted by Crippen LogP contribution is -2.33. The van der Waals surface area contributed by atoms with Gasteiger partial charge in [-0.2, -0.15) is 0 Å². The van der Waals surface area contributed by atoms with Gasteiger partial charge in [0.2, 0.25) is 0 Å². The molecule has 2 unspecified atom stereocenters. The Hall–Kier alpha value is -0.300. The number of rotatable bonds is 4. The van der Waals surface area contributed by atoms with Gasteiger partial charge in [-0.1, -0.05) is 31.4 Å². The van der Waals surface area contributed by atoms with Crippen molar-refractivity contribution in [1.82, 2.24) is 0 Å². The first kappa shape index (κ1) is 12.2. The van der Waals surface area contributed by atoms with Gasteiger partial charge in [0, 0.05) is 12.5 Å². The first-order chi connectivity index (χ1) is 7.92. The minimum Gasteiger partial charge on any atom is -0.378 e. The molecule has 2 rings (SSSR count). The Morgan fingerprint density at radius 1 is 1.12 bits per heavy atom. The minimum absolute atomic E-state index is 0.516. The highest BCUT2D eigenvalue weighted by Crippen LogP contribution is 2.35. The van der Waals surface area contributed by atoms with E-state index in [1.165, 1.54) is 51.4 Å². The molecule has 0 aromatic carbocycles. The predicted molar refractivity (Wildman–Crippen MR) is 68.5 cm³/mol. The first-order valence-corrected chi connectivity index (χ1v) is 7.20. The second kappa shape index (κ2) is 6.44. The highest BCUT2D eigenvalue weighted by atomic mass is 16.5. The number of hydrogen-bond acceptors (Lipinski definition) is 1. The van der Waals surface area contributed by atoms with Crippen LogP contribution in [-0.2, 0) is 4.74 Å². The monoisotopic (exact) mass is 222 g/mol. The maximum atomic E-state index is 6.07. The summed E-state index contributed by atoms with van der Waals surface area (Å²) in [5.41, 5.74) is 0. The van der Waals surface area contributed by atoms with Gasteiger partial charge in [0.25, 0.3) is 0 Å². The van der Waals surface area contributed by atoms with E-state index in [1.807, 2.05) is 0 Å². The van der Waals surface area contributed by atoms with Crippen LogP contribution in [0.2, 0.25) is 0 Å². The van der Waals surface area contributed by atoms with Crippen LogP contribution < -0.4 is 0 Å². The molecule has 92 valence electrons. The SMILES string of the molecule is CCOC(C1C=CCCC1)C1CCCCC1. The number of allylic oxidation sites excluding steroid dienone is 1. The summed E-state index contributed by atoms with van der Waals surface area (Å²) in [5.74, 6) is 1.54. The highest BCUT2D eigenvalue weighted by molar-refractivity contribution is 4.98. The summed E-state index contributed by atoms with van der Waals surface area (Å²) in [6.07, 6.45) is 16.4. The molecule has 2 aliphatic rings. The van der Waals surface area contributed by atoms with Crippen LogP contribution in [0.5, 0.6) is 0 Å². The van der Waals surface area contributed by atoms with Crippen molar-refractivity contribution in [2.75, 3.05) is 6.61 Å². The van der Waals surface area contributed by atoms with Crippen LogP contribution in [-0.4, -0.2) is 12.7 Å². The van der Waals surface area contributed by atoms with E-state index in [4.69, 9.17) is 4.74 Å². The standard InChI is InChI=1S/C15H26O/c1-2-16-15(13-9-5-3-6-10-13)14-11-7-4-8-12-14/h5,9,13-15H,2-4,6-8,10-12H2,1H3. The van der Waals surface area contributed by atoms with Gasteiger partial charge in [-0.05, 0) is 44.9 Å². The summed E-state index contributed by atoms with van der Waals surface area (Å²) in [6.45, 7) is 3.02. The minimum atomic E-state index is 0.516. The van der Waals surface area contributed by atoms with Crippen molar-refractivity contribution in [3.05, 3.63) is 12.2 Å². The van der Waals surface area contributed by atoms with Gasteiger partial charge >= 0.3 is 0 Å². The summed E-state index contributed by atoms with van der Waals surface area (Å²) >= 11 is 0. The molecule has 0 aromatic rings. The van der Waals surface area contributed by atoms with Crippen LogP contribution in [0.15, 0.2) is 12.2 Å². The van der Waals surface area contributed by atoms with E-state index < -0.39 is 0 Å². The Balaban J connectivity index is 1.96. The molecule has 16 heavy (non-hydrogen) atoms. The lowest BCUT2D eigenvalue weighted by atomic mass is 9.77. The Labute approximate surface area is 100 Å². The summed E-state index contributed by atoms with van der Waals surface area (Å²) in [6, 6.07) is 0. The van der Waals surface area contributed by atoms with E-state index in [9.17, 15) is 0 Å². The average Bonchev–Trinajstić information content (AvgIpc) is 2.38. The number of ether oxygens (including phenoxy) is 1. The fourth-order valence-corrected chi connectivity index (χ4v) is 3.38. The summed E-state index contributed by atoms with van der Waals surface area (Å²) < 4.78 is 6.07. The fourth-order valence-electron chi connectivity index (χ4n) is 3.38. The lowest BCUT2D eigenvalue weighted by Gasteiger charge is -2.35. The van der Waals surface area contributed by atoms with Gasteiger partial charge < -0.3 is 4.74 Å². The molecule has 0 bridgehead atoms. The van der Waals surface area contributed by atoms with Crippen LogP contribution in [0.25, 0.3) is 0 Å². The fraction of sp³-hybridized carbons (Fsp3) is 0.867. The Morgan fingerprint density at radius 2 is 1.94 bits per heavy atom. The van der Waals surface area contributed by atoms with Crippen molar-refractivity contribution in [2.45, 2.75) is 64.4 Å².